The highest BCUT2D eigenvalue weighted by Crippen LogP contribution is 2.40. The molecule has 3 fully saturated rings. The number of rotatable bonds is 4. The Morgan fingerprint density at radius 3 is 1.61 bits per heavy atom. The van der Waals surface area contributed by atoms with Crippen molar-refractivity contribution in [3.05, 3.63) is 0 Å². The molecule has 0 aliphatic heterocycles. The van der Waals surface area contributed by atoms with Crippen molar-refractivity contribution in [2.75, 3.05) is 6.61 Å². The maximum Gasteiger partial charge on any atom is 0.0575 e. The molecule has 0 aromatic heterocycles. The predicted octanol–water partition coefficient (Wildman–Crippen LogP) is 7.59. The Hall–Kier alpha value is -0.0400. The fourth-order valence-electron chi connectivity index (χ4n) is 5.25. The minimum absolute atomic E-state index is 0. The largest absolute Gasteiger partial charge is 0.378 e. The third kappa shape index (κ3) is 5.76. The molecular formula is C22H48O. The Labute approximate surface area is 150 Å². The van der Waals surface area contributed by atoms with Gasteiger partial charge in [0, 0.05) is 10.9 Å². The summed E-state index contributed by atoms with van der Waals surface area (Å²) in [5, 5.41) is 0. The van der Waals surface area contributed by atoms with Crippen LogP contribution in [0.5, 0.6) is 0 Å². The summed E-state index contributed by atoms with van der Waals surface area (Å²) in [6, 6.07) is 0. The van der Waals surface area contributed by atoms with Gasteiger partial charge in [-0.15, -0.1) is 0 Å². The summed E-state index contributed by atoms with van der Waals surface area (Å²) < 4.78 is 6.31. The first-order valence-electron chi connectivity index (χ1n) is 10.3. The van der Waals surface area contributed by atoms with E-state index in [1.54, 1.807) is 0 Å². The smallest absolute Gasteiger partial charge is 0.0575 e. The number of hydrogen-bond donors (Lipinski definition) is 0. The molecule has 3 aliphatic rings. The van der Waals surface area contributed by atoms with Gasteiger partial charge in [-0.05, 0) is 81.0 Å². The van der Waals surface area contributed by atoms with Crippen LogP contribution in [0.2, 0.25) is 0 Å². The molecule has 0 N–H and O–H groups in total. The van der Waals surface area contributed by atoms with E-state index >= 15 is 0 Å². The Kier molecular flexibility index (Phi) is 7.92. The molecule has 142 valence electrons. The molecule has 3 rings (SSSR count). The van der Waals surface area contributed by atoms with E-state index in [9.17, 15) is 0 Å². The molecule has 1 heteroatoms. The fourth-order valence-corrected chi connectivity index (χ4v) is 5.25. The van der Waals surface area contributed by atoms with Gasteiger partial charge in [0.2, 0.25) is 0 Å². The van der Waals surface area contributed by atoms with E-state index in [1.165, 1.54) is 77.0 Å². The average molecular weight is 329 g/mol. The predicted molar refractivity (Wildman–Crippen MR) is 107 cm³/mol. The summed E-state index contributed by atoms with van der Waals surface area (Å²) in [7, 11) is 0. The first-order chi connectivity index (χ1) is 10.7. The van der Waals surface area contributed by atoms with Crippen molar-refractivity contribution in [2.24, 2.45) is 29.6 Å². The second kappa shape index (κ2) is 9.44. The Morgan fingerprint density at radius 1 is 0.652 bits per heavy atom. The lowest BCUT2D eigenvalue weighted by molar-refractivity contribution is -0.0163. The van der Waals surface area contributed by atoms with Gasteiger partial charge in [-0.2, -0.15) is 0 Å². The molecule has 0 aromatic rings. The molecule has 0 unspecified atom stereocenters. The molecule has 1 nitrogen and oxygen atoms in total. The summed E-state index contributed by atoms with van der Waals surface area (Å²) in [6.07, 6.45) is 17.9. The van der Waals surface area contributed by atoms with Crippen LogP contribution in [0.3, 0.4) is 0 Å². The molecule has 0 bridgehead atoms. The molecule has 3 saturated carbocycles. The third-order valence-corrected chi connectivity index (χ3v) is 7.15. The Bertz CT molecular complexity index is 315. The van der Waals surface area contributed by atoms with Crippen LogP contribution in [0.4, 0.5) is 0 Å². The maximum atomic E-state index is 6.31. The third-order valence-electron chi connectivity index (χ3n) is 7.15. The van der Waals surface area contributed by atoms with Gasteiger partial charge in [-0.25, -0.2) is 0 Å². The van der Waals surface area contributed by atoms with Crippen molar-refractivity contribution < 1.29 is 9.02 Å². The lowest BCUT2D eigenvalue weighted by atomic mass is 9.71. The molecule has 0 saturated heterocycles. The highest BCUT2D eigenvalue weighted by atomic mass is 16.5. The fraction of sp³-hybridized carbons (Fsp3) is 1.00. The van der Waals surface area contributed by atoms with E-state index in [0.717, 1.165) is 36.2 Å². The van der Waals surface area contributed by atoms with E-state index in [-0.39, 0.29) is 11.7 Å². The second-order valence-electron chi connectivity index (χ2n) is 9.02. The summed E-state index contributed by atoms with van der Waals surface area (Å²) in [6.45, 7) is 5.90. The number of hydrogen-bond acceptors (Lipinski definition) is 1. The second-order valence-corrected chi connectivity index (χ2v) is 9.02. The van der Waals surface area contributed by atoms with Crippen LogP contribution >= 0.6 is 0 Å². The van der Waals surface area contributed by atoms with Crippen LogP contribution in [-0.2, 0) is 4.74 Å². The van der Waals surface area contributed by atoms with Crippen molar-refractivity contribution in [1.82, 2.24) is 0 Å². The SMILES string of the molecule is C.CC1CCC(COC2CCC(C3CCC(C)CC3)CC2)CC1.[HH].[HH].[HH]. The van der Waals surface area contributed by atoms with E-state index in [1.807, 2.05) is 0 Å². The Balaban J connectivity index is 0. The molecule has 0 amide bonds. The van der Waals surface area contributed by atoms with Crippen molar-refractivity contribution in [1.29, 1.82) is 0 Å². The highest BCUT2D eigenvalue weighted by Gasteiger charge is 2.30. The zero-order valence-electron chi connectivity index (χ0n) is 15.1. The standard InChI is InChI=1S/C21H38O.CH4.3H2/c1-16-3-7-18(8-4-16)15-22-21-13-11-20(12-14-21)19-9-5-17(2)6-10-19;;;;/h16-21H,3-15H2,1-2H3;1H4;3*1H. The zero-order chi connectivity index (χ0) is 15.4. The van der Waals surface area contributed by atoms with E-state index in [0.29, 0.717) is 6.10 Å². The molecule has 0 atom stereocenters. The first-order valence-corrected chi connectivity index (χ1v) is 10.3. The van der Waals surface area contributed by atoms with Crippen molar-refractivity contribution in [3.63, 3.8) is 0 Å². The van der Waals surface area contributed by atoms with Crippen molar-refractivity contribution in [2.45, 2.75) is 104 Å². The van der Waals surface area contributed by atoms with Gasteiger partial charge in [0.1, 0.15) is 0 Å². The molecule has 0 heterocycles. The van der Waals surface area contributed by atoms with Crippen LogP contribution in [0.25, 0.3) is 0 Å². The van der Waals surface area contributed by atoms with Gasteiger partial charge < -0.3 is 4.74 Å². The molecule has 3 aliphatic carbocycles. The van der Waals surface area contributed by atoms with Crippen LogP contribution in [-0.4, -0.2) is 12.7 Å². The van der Waals surface area contributed by atoms with Gasteiger partial charge in [0.05, 0.1) is 6.10 Å². The summed E-state index contributed by atoms with van der Waals surface area (Å²) in [5.41, 5.74) is 0. The van der Waals surface area contributed by atoms with Gasteiger partial charge in [-0.1, -0.05) is 47.0 Å². The zero-order valence-corrected chi connectivity index (χ0v) is 15.1. The van der Waals surface area contributed by atoms with Gasteiger partial charge >= 0.3 is 0 Å². The van der Waals surface area contributed by atoms with Crippen LogP contribution in [0.15, 0.2) is 0 Å². The normalized spacial score (nSPS) is 42.0. The number of ether oxygens (including phenoxy) is 1. The molecule has 23 heavy (non-hydrogen) atoms. The van der Waals surface area contributed by atoms with Gasteiger partial charge in [0.25, 0.3) is 0 Å². The molecule has 0 radical (unpaired) electrons. The van der Waals surface area contributed by atoms with Crippen molar-refractivity contribution in [3.8, 4) is 0 Å². The van der Waals surface area contributed by atoms with E-state index in [4.69, 9.17) is 4.74 Å². The molecule has 0 spiro atoms. The van der Waals surface area contributed by atoms with E-state index in [2.05, 4.69) is 13.8 Å². The quantitative estimate of drug-likeness (QED) is 0.516. The Morgan fingerprint density at radius 2 is 1.09 bits per heavy atom. The van der Waals surface area contributed by atoms with E-state index < -0.39 is 0 Å². The summed E-state index contributed by atoms with van der Waals surface area (Å²) in [5.74, 6) is 4.91. The van der Waals surface area contributed by atoms with Crippen LogP contribution in [0.1, 0.15) is 103 Å². The average Bonchev–Trinajstić information content (AvgIpc) is 2.56. The van der Waals surface area contributed by atoms with Crippen molar-refractivity contribution >= 4 is 0 Å². The monoisotopic (exact) mass is 328 g/mol. The maximum absolute atomic E-state index is 6.31. The topological polar surface area (TPSA) is 9.23 Å². The van der Waals surface area contributed by atoms with Crippen LogP contribution < -0.4 is 0 Å². The minimum Gasteiger partial charge on any atom is -0.378 e. The first kappa shape index (κ1) is 19.3. The minimum atomic E-state index is 0. The lowest BCUT2D eigenvalue weighted by Crippen LogP contribution is -2.29. The molecule has 0 aromatic carbocycles. The summed E-state index contributed by atoms with van der Waals surface area (Å²) in [4.78, 5) is 0. The highest BCUT2D eigenvalue weighted by molar-refractivity contribution is 4.82. The summed E-state index contributed by atoms with van der Waals surface area (Å²) >= 11 is 0. The lowest BCUT2D eigenvalue weighted by Gasteiger charge is -2.37. The van der Waals surface area contributed by atoms with Crippen LogP contribution in [0, 0.1) is 29.6 Å². The van der Waals surface area contributed by atoms with Gasteiger partial charge in [-0.3, -0.25) is 0 Å². The molecular weight excluding hydrogens is 280 g/mol. The van der Waals surface area contributed by atoms with Gasteiger partial charge in [0.15, 0.2) is 0 Å².